The lowest BCUT2D eigenvalue weighted by Gasteiger charge is -2.38. The highest BCUT2D eigenvalue weighted by Crippen LogP contribution is 2.34. The Labute approximate surface area is 154 Å². The van der Waals surface area contributed by atoms with Crippen LogP contribution < -0.4 is 9.64 Å². The number of likely N-dealkylation sites (tertiary alicyclic amines) is 2. The highest BCUT2D eigenvalue weighted by atomic mass is 16.5. The van der Waals surface area contributed by atoms with Crippen molar-refractivity contribution in [3.8, 4) is 5.75 Å². The number of anilines is 1. The number of hydrogen-bond acceptors (Lipinski definition) is 3. The van der Waals surface area contributed by atoms with E-state index in [1.165, 1.54) is 0 Å². The number of fused-ring (bicyclic) bond motifs is 1. The summed E-state index contributed by atoms with van der Waals surface area (Å²) in [6.45, 7) is 6.11. The molecule has 1 aromatic rings. The predicted octanol–water partition coefficient (Wildman–Crippen LogP) is 2.65. The number of carbonyl (C=O) groups is 2. The first-order valence-electron chi connectivity index (χ1n) is 9.72. The van der Waals surface area contributed by atoms with Gasteiger partial charge in [-0.05, 0) is 50.3 Å². The van der Waals surface area contributed by atoms with E-state index in [2.05, 4.69) is 0 Å². The molecule has 0 aromatic heterocycles. The van der Waals surface area contributed by atoms with Gasteiger partial charge in [0.2, 0.25) is 5.91 Å². The van der Waals surface area contributed by atoms with E-state index < -0.39 is 0 Å². The molecule has 0 saturated carbocycles. The first-order chi connectivity index (χ1) is 12.6. The lowest BCUT2D eigenvalue weighted by Crippen LogP contribution is -2.51. The molecule has 3 amide bonds. The third kappa shape index (κ3) is 3.24. The Hall–Kier alpha value is -2.24. The first-order valence-corrected chi connectivity index (χ1v) is 9.72. The van der Waals surface area contributed by atoms with Crippen LogP contribution in [0, 0.1) is 12.8 Å². The smallest absolute Gasteiger partial charge is 0.320 e. The molecule has 0 N–H and O–H groups in total. The number of aryl methyl sites for hydroxylation is 1. The van der Waals surface area contributed by atoms with Gasteiger partial charge in [0.05, 0.1) is 18.2 Å². The fourth-order valence-corrected chi connectivity index (χ4v) is 4.24. The fraction of sp³-hybridized carbons (Fsp3) is 0.600. The molecule has 3 heterocycles. The van der Waals surface area contributed by atoms with Crippen molar-refractivity contribution >= 4 is 17.6 Å². The normalized spacial score (nSPS) is 22.8. The van der Waals surface area contributed by atoms with Gasteiger partial charge in [0.1, 0.15) is 12.4 Å². The molecule has 1 aromatic carbocycles. The molecule has 6 nitrogen and oxygen atoms in total. The molecule has 6 heteroatoms. The highest BCUT2D eigenvalue weighted by molar-refractivity contribution is 5.97. The molecule has 0 bridgehead atoms. The van der Waals surface area contributed by atoms with E-state index in [4.69, 9.17) is 4.74 Å². The number of nitrogens with zero attached hydrogens (tertiary/aromatic N) is 3. The molecule has 2 saturated heterocycles. The van der Waals surface area contributed by atoms with Gasteiger partial charge >= 0.3 is 6.03 Å². The van der Waals surface area contributed by atoms with Crippen molar-refractivity contribution in [3.05, 3.63) is 23.8 Å². The number of amides is 3. The number of benzene rings is 1. The summed E-state index contributed by atoms with van der Waals surface area (Å²) in [4.78, 5) is 31.6. The monoisotopic (exact) mass is 357 g/mol. The molecule has 0 radical (unpaired) electrons. The zero-order valence-electron chi connectivity index (χ0n) is 15.4. The van der Waals surface area contributed by atoms with Crippen molar-refractivity contribution < 1.29 is 14.3 Å². The average molecular weight is 357 g/mol. The lowest BCUT2D eigenvalue weighted by atomic mass is 9.96. The molecule has 4 rings (SSSR count). The van der Waals surface area contributed by atoms with E-state index in [0.29, 0.717) is 19.7 Å². The van der Waals surface area contributed by atoms with Crippen LogP contribution in [0.15, 0.2) is 18.2 Å². The molecule has 0 aliphatic carbocycles. The maximum absolute atomic E-state index is 13.2. The quantitative estimate of drug-likeness (QED) is 0.776. The summed E-state index contributed by atoms with van der Waals surface area (Å²) in [6, 6.07) is 6.08. The second kappa shape index (κ2) is 7.17. The van der Waals surface area contributed by atoms with Crippen LogP contribution in [-0.2, 0) is 4.79 Å². The summed E-state index contributed by atoms with van der Waals surface area (Å²) in [7, 11) is 0. The molecule has 26 heavy (non-hydrogen) atoms. The maximum Gasteiger partial charge on any atom is 0.320 e. The van der Waals surface area contributed by atoms with Crippen molar-refractivity contribution in [3.63, 3.8) is 0 Å². The van der Waals surface area contributed by atoms with E-state index in [1.807, 2.05) is 39.8 Å². The van der Waals surface area contributed by atoms with Gasteiger partial charge in [-0.15, -0.1) is 0 Å². The minimum Gasteiger partial charge on any atom is -0.490 e. The van der Waals surface area contributed by atoms with E-state index in [0.717, 1.165) is 62.3 Å². The molecule has 3 aliphatic heterocycles. The van der Waals surface area contributed by atoms with Crippen molar-refractivity contribution in [1.82, 2.24) is 9.80 Å². The Morgan fingerprint density at radius 3 is 2.62 bits per heavy atom. The van der Waals surface area contributed by atoms with Crippen LogP contribution in [0.3, 0.4) is 0 Å². The van der Waals surface area contributed by atoms with Gasteiger partial charge in [0, 0.05) is 26.2 Å². The SMILES string of the molecule is Cc1ccc2c(c1)OCCN2C(=O)C1CCCN(C(=O)N2CCCC2)C1. The van der Waals surface area contributed by atoms with E-state index >= 15 is 0 Å². The summed E-state index contributed by atoms with van der Waals surface area (Å²) in [5, 5.41) is 0. The van der Waals surface area contributed by atoms with E-state index in [9.17, 15) is 9.59 Å². The Bertz CT molecular complexity index is 700. The lowest BCUT2D eigenvalue weighted by molar-refractivity contribution is -0.124. The van der Waals surface area contributed by atoms with Crippen molar-refractivity contribution in [1.29, 1.82) is 0 Å². The summed E-state index contributed by atoms with van der Waals surface area (Å²) in [6.07, 6.45) is 3.92. The predicted molar refractivity (Wildman–Crippen MR) is 99.5 cm³/mol. The Morgan fingerprint density at radius 1 is 1.04 bits per heavy atom. The molecule has 140 valence electrons. The number of piperidine rings is 1. The number of urea groups is 1. The summed E-state index contributed by atoms with van der Waals surface area (Å²) < 4.78 is 5.73. The first kappa shape index (κ1) is 17.2. The molecule has 3 aliphatic rings. The van der Waals surface area contributed by atoms with Gasteiger partial charge in [-0.3, -0.25) is 4.79 Å². The summed E-state index contributed by atoms with van der Waals surface area (Å²) in [5.74, 6) is 0.783. The maximum atomic E-state index is 13.2. The van der Waals surface area contributed by atoms with Crippen molar-refractivity contribution in [2.24, 2.45) is 5.92 Å². The largest absolute Gasteiger partial charge is 0.490 e. The zero-order valence-corrected chi connectivity index (χ0v) is 15.4. The van der Waals surface area contributed by atoms with Crippen LogP contribution >= 0.6 is 0 Å². The van der Waals surface area contributed by atoms with Gasteiger partial charge in [-0.1, -0.05) is 6.07 Å². The van der Waals surface area contributed by atoms with Gasteiger partial charge in [-0.25, -0.2) is 4.79 Å². The highest BCUT2D eigenvalue weighted by Gasteiger charge is 2.35. The number of carbonyl (C=O) groups excluding carboxylic acids is 2. The van der Waals surface area contributed by atoms with Crippen LogP contribution in [0.1, 0.15) is 31.2 Å². The minimum absolute atomic E-state index is 0.109. The van der Waals surface area contributed by atoms with Crippen LogP contribution in [0.4, 0.5) is 10.5 Å². The molecule has 0 spiro atoms. The number of ether oxygens (including phenoxy) is 1. The average Bonchev–Trinajstić information content (AvgIpc) is 3.21. The van der Waals surface area contributed by atoms with Crippen LogP contribution in [0.25, 0.3) is 0 Å². The Morgan fingerprint density at radius 2 is 1.81 bits per heavy atom. The van der Waals surface area contributed by atoms with Gasteiger partial charge in [0.15, 0.2) is 0 Å². The molecule has 2 fully saturated rings. The second-order valence-corrected chi connectivity index (χ2v) is 7.57. The van der Waals surface area contributed by atoms with Crippen LogP contribution in [0.5, 0.6) is 5.75 Å². The fourth-order valence-electron chi connectivity index (χ4n) is 4.24. The van der Waals surface area contributed by atoms with Gasteiger partial charge in [0.25, 0.3) is 0 Å². The summed E-state index contributed by atoms with van der Waals surface area (Å²) in [5.41, 5.74) is 1.98. The standard InChI is InChI=1S/C20H27N3O3/c1-15-6-7-17-18(13-15)26-12-11-23(17)19(24)16-5-4-10-22(14-16)20(25)21-8-2-3-9-21/h6-7,13,16H,2-5,8-12,14H2,1H3. The van der Waals surface area contributed by atoms with Gasteiger partial charge < -0.3 is 19.4 Å². The van der Waals surface area contributed by atoms with E-state index in [-0.39, 0.29) is 17.9 Å². The zero-order chi connectivity index (χ0) is 18.1. The Balaban J connectivity index is 1.47. The van der Waals surface area contributed by atoms with Crippen molar-refractivity contribution in [2.75, 3.05) is 44.2 Å². The number of rotatable bonds is 1. The van der Waals surface area contributed by atoms with E-state index in [1.54, 1.807) is 0 Å². The third-order valence-electron chi connectivity index (χ3n) is 5.66. The molecule has 1 unspecified atom stereocenters. The van der Waals surface area contributed by atoms with Gasteiger partial charge in [-0.2, -0.15) is 0 Å². The number of hydrogen-bond donors (Lipinski definition) is 0. The molecular formula is C20H27N3O3. The van der Waals surface area contributed by atoms with Crippen molar-refractivity contribution in [2.45, 2.75) is 32.6 Å². The Kier molecular flexibility index (Phi) is 4.74. The minimum atomic E-state index is -0.123. The summed E-state index contributed by atoms with van der Waals surface area (Å²) >= 11 is 0. The van der Waals surface area contributed by atoms with Crippen LogP contribution in [0.2, 0.25) is 0 Å². The topological polar surface area (TPSA) is 53.1 Å². The second-order valence-electron chi connectivity index (χ2n) is 7.57. The molecule has 1 atom stereocenters. The molecular weight excluding hydrogens is 330 g/mol. The van der Waals surface area contributed by atoms with Crippen LogP contribution in [-0.4, -0.2) is 61.1 Å². The third-order valence-corrected chi connectivity index (χ3v) is 5.66.